The Morgan fingerprint density at radius 1 is 0.912 bits per heavy atom. The van der Waals surface area contributed by atoms with Crippen LogP contribution in [-0.2, 0) is 6.42 Å². The molecule has 0 N–H and O–H groups in total. The molecule has 3 nitrogen and oxygen atoms in total. The molecular formula is C30H33ClN2O. The first-order chi connectivity index (χ1) is 16.6. The van der Waals surface area contributed by atoms with E-state index in [1.54, 1.807) is 0 Å². The van der Waals surface area contributed by atoms with Crippen molar-refractivity contribution in [3.8, 4) is 0 Å². The molecule has 2 aliphatic heterocycles. The first-order valence-electron chi connectivity index (χ1n) is 12.5. The van der Waals surface area contributed by atoms with Gasteiger partial charge in [-0.15, -0.1) is 0 Å². The number of hydrogen-bond donors (Lipinski definition) is 0. The molecule has 0 aliphatic carbocycles. The third kappa shape index (κ3) is 5.06. The van der Waals surface area contributed by atoms with Gasteiger partial charge in [-0.05, 0) is 81.0 Å². The highest BCUT2D eigenvalue weighted by molar-refractivity contribution is 6.30. The summed E-state index contributed by atoms with van der Waals surface area (Å²) in [5.74, 6) is 0.0707. The number of benzene rings is 3. The van der Waals surface area contributed by atoms with Crippen molar-refractivity contribution in [2.75, 3.05) is 11.4 Å². The molecule has 1 unspecified atom stereocenters. The van der Waals surface area contributed by atoms with Crippen LogP contribution in [0.2, 0.25) is 5.02 Å². The molecule has 3 aromatic carbocycles. The minimum atomic E-state index is 0.0707. The summed E-state index contributed by atoms with van der Waals surface area (Å²) in [5, 5.41) is 0.652. The van der Waals surface area contributed by atoms with Crippen LogP contribution in [0.4, 0.5) is 5.69 Å². The Morgan fingerprint density at radius 3 is 2.21 bits per heavy atom. The van der Waals surface area contributed by atoms with Gasteiger partial charge < -0.3 is 4.90 Å². The molecule has 3 atom stereocenters. The van der Waals surface area contributed by atoms with Gasteiger partial charge >= 0.3 is 0 Å². The van der Waals surface area contributed by atoms with Crippen LogP contribution in [-0.4, -0.2) is 35.5 Å². The number of fused-ring (bicyclic) bond motifs is 2. The molecule has 5 rings (SSSR count). The van der Waals surface area contributed by atoms with E-state index in [9.17, 15) is 4.79 Å². The Balaban J connectivity index is 1.39. The lowest BCUT2D eigenvalue weighted by molar-refractivity contribution is 0.0306. The van der Waals surface area contributed by atoms with Gasteiger partial charge in [0.1, 0.15) is 0 Å². The summed E-state index contributed by atoms with van der Waals surface area (Å²) in [5.41, 5.74) is 4.30. The van der Waals surface area contributed by atoms with Crippen LogP contribution < -0.4 is 4.90 Å². The first-order valence-corrected chi connectivity index (χ1v) is 12.9. The lowest BCUT2D eigenvalue weighted by Crippen LogP contribution is -2.58. The molecule has 0 aromatic heterocycles. The van der Waals surface area contributed by atoms with Crippen molar-refractivity contribution >= 4 is 23.2 Å². The summed E-state index contributed by atoms with van der Waals surface area (Å²) in [4.78, 5) is 18.6. The highest BCUT2D eigenvalue weighted by atomic mass is 35.5. The largest absolute Gasteiger partial charge is 0.305 e. The van der Waals surface area contributed by atoms with E-state index in [0.717, 1.165) is 31.5 Å². The summed E-state index contributed by atoms with van der Waals surface area (Å²) in [6.07, 6.45) is 6.87. The molecule has 176 valence electrons. The second-order valence-corrected chi connectivity index (χ2v) is 10.3. The van der Waals surface area contributed by atoms with Crippen LogP contribution in [0.1, 0.15) is 53.6 Å². The summed E-state index contributed by atoms with van der Waals surface area (Å²) in [7, 11) is 0. The lowest BCUT2D eigenvalue weighted by atomic mass is 9.80. The summed E-state index contributed by atoms with van der Waals surface area (Å²) in [6.45, 7) is 3.19. The van der Waals surface area contributed by atoms with Gasteiger partial charge in [0.25, 0.3) is 5.91 Å². The number of piperidine rings is 2. The molecule has 2 aliphatic rings. The maximum Gasteiger partial charge on any atom is 0.258 e. The van der Waals surface area contributed by atoms with Crippen molar-refractivity contribution in [3.05, 3.63) is 101 Å². The average molecular weight is 473 g/mol. The van der Waals surface area contributed by atoms with Crippen molar-refractivity contribution in [2.45, 2.75) is 63.6 Å². The fourth-order valence-corrected chi connectivity index (χ4v) is 5.99. The zero-order valence-corrected chi connectivity index (χ0v) is 20.6. The molecule has 0 radical (unpaired) electrons. The summed E-state index contributed by atoms with van der Waals surface area (Å²) >= 11 is 6.10. The molecule has 0 saturated carbocycles. The second kappa shape index (κ2) is 10.3. The average Bonchev–Trinajstić information content (AvgIpc) is 2.85. The monoisotopic (exact) mass is 472 g/mol. The van der Waals surface area contributed by atoms with Gasteiger partial charge in [-0.2, -0.15) is 0 Å². The molecule has 34 heavy (non-hydrogen) atoms. The Kier molecular flexibility index (Phi) is 7.03. The normalized spacial score (nSPS) is 22.4. The number of hydrogen-bond acceptors (Lipinski definition) is 2. The highest BCUT2D eigenvalue weighted by Gasteiger charge is 2.41. The molecular weight excluding hydrogens is 440 g/mol. The maximum atomic E-state index is 13.8. The number of halogens is 1. The van der Waals surface area contributed by atoms with Gasteiger partial charge in [0.15, 0.2) is 0 Å². The van der Waals surface area contributed by atoms with Gasteiger partial charge in [-0.25, -0.2) is 0 Å². The number of rotatable bonds is 6. The van der Waals surface area contributed by atoms with Gasteiger partial charge in [0.2, 0.25) is 0 Å². The SMILES string of the molecule is Cc1ccc(N(C(=O)c2ccc(Cl)cc2)C2C[C@H]3CCC[C@@H](C2)N3CCc2ccccc2)cc1. The zero-order valence-electron chi connectivity index (χ0n) is 19.9. The van der Waals surface area contributed by atoms with Crippen molar-refractivity contribution in [3.63, 3.8) is 0 Å². The third-order valence-electron chi connectivity index (χ3n) is 7.59. The fraction of sp³-hybridized carbons (Fsp3) is 0.367. The van der Waals surface area contributed by atoms with Gasteiger partial charge in [-0.1, -0.05) is 66.0 Å². The topological polar surface area (TPSA) is 23.6 Å². The van der Waals surface area contributed by atoms with Gasteiger partial charge in [-0.3, -0.25) is 9.69 Å². The number of nitrogens with zero attached hydrogens (tertiary/aromatic N) is 2. The Labute approximate surface area is 208 Å². The molecule has 3 aromatic rings. The van der Waals surface area contributed by atoms with Crippen LogP contribution in [0.5, 0.6) is 0 Å². The third-order valence-corrected chi connectivity index (χ3v) is 7.84. The Hall–Kier alpha value is -2.62. The quantitative estimate of drug-likeness (QED) is 0.388. The number of amides is 1. The van der Waals surface area contributed by atoms with Crippen molar-refractivity contribution in [1.82, 2.24) is 4.90 Å². The molecule has 2 bridgehead atoms. The van der Waals surface area contributed by atoms with Gasteiger partial charge in [0.05, 0.1) is 0 Å². The first kappa shape index (κ1) is 23.1. The number of aryl methyl sites for hydroxylation is 1. The van der Waals surface area contributed by atoms with Crippen LogP contribution in [0.15, 0.2) is 78.9 Å². The van der Waals surface area contributed by atoms with E-state index < -0.39 is 0 Å². The van der Waals surface area contributed by atoms with E-state index in [4.69, 9.17) is 11.6 Å². The van der Waals surface area contributed by atoms with E-state index in [-0.39, 0.29) is 11.9 Å². The molecule has 0 spiro atoms. The van der Waals surface area contributed by atoms with Crippen LogP contribution in [0.25, 0.3) is 0 Å². The second-order valence-electron chi connectivity index (χ2n) is 9.85. The van der Waals surface area contributed by atoms with E-state index in [2.05, 4.69) is 71.3 Å². The van der Waals surface area contributed by atoms with Crippen LogP contribution in [0, 0.1) is 6.92 Å². The van der Waals surface area contributed by atoms with Crippen molar-refractivity contribution in [2.24, 2.45) is 0 Å². The van der Waals surface area contributed by atoms with Crippen LogP contribution >= 0.6 is 11.6 Å². The van der Waals surface area contributed by atoms with Crippen molar-refractivity contribution in [1.29, 1.82) is 0 Å². The van der Waals surface area contributed by atoms with Crippen LogP contribution in [0.3, 0.4) is 0 Å². The van der Waals surface area contributed by atoms with Crippen molar-refractivity contribution < 1.29 is 4.79 Å². The molecule has 1 amide bonds. The van der Waals surface area contributed by atoms with E-state index >= 15 is 0 Å². The van der Waals surface area contributed by atoms with E-state index in [0.29, 0.717) is 22.7 Å². The summed E-state index contributed by atoms with van der Waals surface area (Å²) < 4.78 is 0. The fourth-order valence-electron chi connectivity index (χ4n) is 5.86. The number of carbonyl (C=O) groups is 1. The Bertz CT molecular complexity index is 1080. The Morgan fingerprint density at radius 2 is 1.56 bits per heavy atom. The molecule has 4 heteroatoms. The molecule has 2 heterocycles. The molecule has 2 fully saturated rings. The number of anilines is 1. The van der Waals surface area contributed by atoms with Gasteiger partial charge in [0, 0.05) is 40.9 Å². The zero-order chi connectivity index (χ0) is 23.5. The van der Waals surface area contributed by atoms with E-state index in [1.165, 1.54) is 30.4 Å². The highest BCUT2D eigenvalue weighted by Crippen LogP contribution is 2.38. The minimum Gasteiger partial charge on any atom is -0.305 e. The van der Waals surface area contributed by atoms with E-state index in [1.807, 2.05) is 24.3 Å². The standard InChI is InChI=1S/C30H33ClN2O/c1-22-10-16-26(17-11-22)33(30(34)24-12-14-25(31)15-13-24)29-20-27-8-5-9-28(21-29)32(27)19-18-23-6-3-2-4-7-23/h2-4,6-7,10-17,27-29H,5,8-9,18-21H2,1H3/t27-,28+,29?. The predicted molar refractivity (Wildman–Crippen MR) is 141 cm³/mol. The molecule has 2 saturated heterocycles. The number of carbonyl (C=O) groups excluding carboxylic acids is 1. The summed E-state index contributed by atoms with van der Waals surface area (Å²) in [6, 6.07) is 27.8. The predicted octanol–water partition coefficient (Wildman–Crippen LogP) is 6.92. The minimum absolute atomic E-state index is 0.0707. The lowest BCUT2D eigenvalue weighted by Gasteiger charge is -2.51. The maximum absolute atomic E-state index is 13.8. The smallest absolute Gasteiger partial charge is 0.258 e.